The molecule has 0 saturated heterocycles. The van der Waals surface area contributed by atoms with Gasteiger partial charge in [-0.15, -0.1) is 0 Å². The topological polar surface area (TPSA) is 105 Å². The first-order chi connectivity index (χ1) is 26.3. The summed E-state index contributed by atoms with van der Waals surface area (Å²) >= 11 is 0. The zero-order valence-corrected chi connectivity index (χ0v) is 29.1. The average molecular weight is 819 g/mol. The Kier molecular flexibility index (Phi) is 11.2. The molecule has 0 radical (unpaired) electrons. The molecule has 6 rings (SSSR count). The van der Waals surface area contributed by atoms with Gasteiger partial charge < -0.3 is 30.4 Å². The summed E-state index contributed by atoms with van der Waals surface area (Å²) in [6.45, 7) is 1.78. The molecule has 0 unspecified atom stereocenters. The summed E-state index contributed by atoms with van der Waals surface area (Å²) < 4.78 is 159. The number of hydrogen-bond donors (Lipinski definition) is 4. The van der Waals surface area contributed by atoms with Crippen molar-refractivity contribution in [2.45, 2.75) is 55.9 Å². The fourth-order valence-electron chi connectivity index (χ4n) is 6.05. The van der Waals surface area contributed by atoms with Crippen LogP contribution in [0.1, 0.15) is 29.2 Å². The summed E-state index contributed by atoms with van der Waals surface area (Å²) in [5, 5.41) is 23.1. The zero-order chi connectivity index (χ0) is 42.4. The number of fused-ring (bicyclic) bond motifs is 2. The maximum absolute atomic E-state index is 13.0. The molecule has 1 amide bonds. The molecule has 0 saturated carbocycles. The lowest BCUT2D eigenvalue weighted by Gasteiger charge is -2.32. The van der Waals surface area contributed by atoms with E-state index >= 15 is 0 Å². The number of aromatic nitrogens is 2. The number of nitrogens with one attached hydrogen (secondary N) is 1. The van der Waals surface area contributed by atoms with E-state index in [2.05, 4.69) is 5.32 Å². The summed E-state index contributed by atoms with van der Waals surface area (Å²) in [6, 6.07) is 20.9. The second kappa shape index (κ2) is 15.0. The number of carbonyl (C=O) groups is 1. The van der Waals surface area contributed by atoms with Crippen molar-refractivity contribution < 1.29 is 67.7 Å². The normalized spacial score (nSPS) is 13.1. The van der Waals surface area contributed by atoms with Crippen LogP contribution < -0.4 is 11.1 Å². The quantitative estimate of drug-likeness (QED) is 0.0952. The van der Waals surface area contributed by atoms with Gasteiger partial charge in [-0.3, -0.25) is 4.79 Å². The van der Waals surface area contributed by atoms with Crippen molar-refractivity contribution in [3.05, 3.63) is 132 Å². The van der Waals surface area contributed by atoms with E-state index in [1.54, 1.807) is 70.1 Å². The fourth-order valence-corrected chi connectivity index (χ4v) is 6.05. The van der Waals surface area contributed by atoms with Gasteiger partial charge in [-0.2, -0.15) is 52.7 Å². The van der Waals surface area contributed by atoms with Crippen molar-refractivity contribution in [2.75, 3.05) is 11.1 Å². The monoisotopic (exact) mass is 818 g/mol. The lowest BCUT2D eigenvalue weighted by molar-refractivity contribution is -0.376. The molecule has 4 aromatic carbocycles. The number of benzene rings is 4. The molecule has 0 aliphatic heterocycles. The number of alkyl halides is 12. The third-order valence-corrected chi connectivity index (χ3v) is 8.98. The van der Waals surface area contributed by atoms with Crippen LogP contribution in [0, 0.1) is 0 Å². The molecule has 0 aliphatic carbocycles. The van der Waals surface area contributed by atoms with Crippen LogP contribution in [0.3, 0.4) is 0 Å². The maximum Gasteiger partial charge on any atom is 0.430 e. The third kappa shape index (κ3) is 8.39. The van der Waals surface area contributed by atoms with E-state index in [0.29, 0.717) is 46.8 Å². The Morgan fingerprint density at radius 1 is 0.561 bits per heavy atom. The predicted octanol–water partition coefficient (Wildman–Crippen LogP) is 9.54. The minimum atomic E-state index is -5.92. The molecule has 304 valence electrons. The minimum Gasteiger partial charge on any atom is -0.399 e. The Labute approximate surface area is 314 Å². The number of halogens is 12. The van der Waals surface area contributed by atoms with Crippen LogP contribution in [-0.2, 0) is 29.1 Å². The molecule has 0 aliphatic rings. The molecular weight excluding hydrogens is 788 g/mol. The van der Waals surface area contributed by atoms with E-state index in [-0.39, 0.29) is 19.0 Å². The highest BCUT2D eigenvalue weighted by Crippen LogP contribution is 2.51. The smallest absolute Gasteiger partial charge is 0.399 e. The van der Waals surface area contributed by atoms with Crippen LogP contribution in [0.4, 0.5) is 64.1 Å². The van der Waals surface area contributed by atoms with Gasteiger partial charge >= 0.3 is 24.7 Å². The van der Waals surface area contributed by atoms with Gasteiger partial charge in [0.05, 0.1) is 0 Å². The number of nitrogens with two attached hydrogens (primary N) is 1. The minimum absolute atomic E-state index is 0.180. The van der Waals surface area contributed by atoms with Crippen molar-refractivity contribution in [1.82, 2.24) is 9.13 Å². The van der Waals surface area contributed by atoms with E-state index in [1.165, 1.54) is 6.92 Å². The van der Waals surface area contributed by atoms with Crippen LogP contribution in [-0.4, -0.2) is 50.0 Å². The first-order valence-corrected chi connectivity index (χ1v) is 16.4. The number of nitrogens with zero attached hydrogens (tertiary/aromatic N) is 2. The van der Waals surface area contributed by atoms with Crippen molar-refractivity contribution in [3.63, 3.8) is 0 Å². The Morgan fingerprint density at radius 2 is 0.930 bits per heavy atom. The lowest BCUT2D eigenvalue weighted by atomic mass is 9.91. The van der Waals surface area contributed by atoms with Crippen LogP contribution in [0.25, 0.3) is 21.8 Å². The molecule has 6 aromatic rings. The van der Waals surface area contributed by atoms with Gasteiger partial charge in [-0.1, -0.05) is 48.5 Å². The van der Waals surface area contributed by atoms with Crippen LogP contribution in [0.15, 0.2) is 109 Å². The third-order valence-electron chi connectivity index (χ3n) is 8.98. The fraction of sp³-hybridized carbons (Fsp3) is 0.237. The Morgan fingerprint density at radius 3 is 1.30 bits per heavy atom. The summed E-state index contributed by atoms with van der Waals surface area (Å²) in [5.41, 5.74) is -3.10. The summed E-state index contributed by atoms with van der Waals surface area (Å²) in [4.78, 5) is 11.1. The number of rotatable bonds is 7. The number of carbonyl (C=O) groups excluding carboxylic acids is 1. The number of hydrogen-bond acceptors (Lipinski definition) is 4. The van der Waals surface area contributed by atoms with Gasteiger partial charge in [0, 0.05) is 76.7 Å². The molecule has 7 nitrogen and oxygen atoms in total. The molecule has 2 heterocycles. The molecule has 5 N–H and O–H groups in total. The second-order valence-corrected chi connectivity index (χ2v) is 13.0. The van der Waals surface area contributed by atoms with Crippen LogP contribution in [0.5, 0.6) is 0 Å². The highest BCUT2D eigenvalue weighted by molar-refractivity contribution is 5.92. The molecule has 0 spiro atoms. The molecule has 2 aromatic heterocycles. The van der Waals surface area contributed by atoms with E-state index in [4.69, 9.17) is 5.73 Å². The predicted molar refractivity (Wildman–Crippen MR) is 186 cm³/mol. The van der Waals surface area contributed by atoms with E-state index in [9.17, 15) is 67.7 Å². The summed E-state index contributed by atoms with van der Waals surface area (Å²) in [5.74, 6) is -0.230. The van der Waals surface area contributed by atoms with E-state index in [1.807, 2.05) is 0 Å². The molecule has 0 fully saturated rings. The molecule has 19 heteroatoms. The van der Waals surface area contributed by atoms with Crippen LogP contribution >= 0.6 is 0 Å². The Balaban J connectivity index is 0.000000219. The molecule has 0 atom stereocenters. The van der Waals surface area contributed by atoms with Crippen molar-refractivity contribution in [1.29, 1.82) is 0 Å². The number of amides is 1. The van der Waals surface area contributed by atoms with Crippen molar-refractivity contribution >= 4 is 39.1 Å². The molecular formula is C38H30F12N4O3. The SMILES string of the molecule is CC(=O)Nc1ccc2c(ccn2Cc2ccc(C(O)(C(F)(F)F)C(F)(F)F)cc2)c1.Nc1ccc2c(ccn2Cc2ccc(C(O)(C(F)(F)F)C(F)(F)F)cc2)c1. The zero-order valence-electron chi connectivity index (χ0n) is 29.1. The van der Waals surface area contributed by atoms with Gasteiger partial charge in [-0.25, -0.2) is 0 Å². The van der Waals surface area contributed by atoms with E-state index in [0.717, 1.165) is 46.1 Å². The number of anilines is 2. The Hall–Kier alpha value is -5.69. The van der Waals surface area contributed by atoms with Gasteiger partial charge in [0.25, 0.3) is 11.2 Å². The highest BCUT2D eigenvalue weighted by Gasteiger charge is 2.72. The van der Waals surface area contributed by atoms with Gasteiger partial charge in [-0.05, 0) is 59.7 Å². The maximum atomic E-state index is 13.0. The van der Waals surface area contributed by atoms with Crippen LogP contribution in [0.2, 0.25) is 0 Å². The van der Waals surface area contributed by atoms with Gasteiger partial charge in [0.1, 0.15) is 0 Å². The first kappa shape index (κ1) is 42.5. The molecule has 0 bridgehead atoms. The van der Waals surface area contributed by atoms with Gasteiger partial charge in [0.15, 0.2) is 0 Å². The number of aliphatic hydroxyl groups is 2. The second-order valence-electron chi connectivity index (χ2n) is 13.0. The largest absolute Gasteiger partial charge is 0.430 e. The van der Waals surface area contributed by atoms with Crippen molar-refractivity contribution in [2.24, 2.45) is 0 Å². The molecule has 57 heavy (non-hydrogen) atoms. The van der Waals surface area contributed by atoms with E-state index < -0.39 is 47.0 Å². The highest BCUT2D eigenvalue weighted by atomic mass is 19.4. The summed E-state index contributed by atoms with van der Waals surface area (Å²) in [6.07, 6.45) is -20.2. The average Bonchev–Trinajstić information content (AvgIpc) is 3.69. The lowest BCUT2D eigenvalue weighted by Crippen LogP contribution is -2.53. The standard InChI is InChI=1S/C20H16F6N2O2.C18H14F6N2O/c1-12(29)27-16-6-7-17-14(10-16)8-9-28(17)11-13-2-4-15(5-3-13)18(30,19(21,22)23)20(24,25)26;19-17(20,21)16(27,18(22,23)24)13-3-1-11(2-4-13)10-26-8-7-12-9-14(25)5-6-15(12)26/h2-10,30H,11H2,1H3,(H,27,29);1-9,27H,10,25H2. The van der Waals surface area contributed by atoms with Crippen molar-refractivity contribution in [3.8, 4) is 0 Å². The number of nitrogen functional groups attached to an aromatic ring is 1. The first-order valence-electron chi connectivity index (χ1n) is 16.4. The van der Waals surface area contributed by atoms with Gasteiger partial charge in [0.2, 0.25) is 5.91 Å². The Bertz CT molecular complexity index is 2330. The summed E-state index contributed by atoms with van der Waals surface area (Å²) in [7, 11) is 0.